The summed E-state index contributed by atoms with van der Waals surface area (Å²) < 4.78 is 39.2. The molecule has 0 spiro atoms. The zero-order chi connectivity index (χ0) is 14.9. The van der Waals surface area contributed by atoms with Crippen LogP contribution in [0.3, 0.4) is 0 Å². The Morgan fingerprint density at radius 1 is 1.35 bits per heavy atom. The van der Waals surface area contributed by atoms with Crippen LogP contribution >= 0.6 is 0 Å². The van der Waals surface area contributed by atoms with E-state index in [-0.39, 0.29) is 5.69 Å². The third kappa shape index (κ3) is 2.81. The quantitative estimate of drug-likeness (QED) is 0.921. The van der Waals surface area contributed by atoms with Gasteiger partial charge in [-0.15, -0.1) is 0 Å². The second-order valence-electron chi connectivity index (χ2n) is 4.30. The predicted molar refractivity (Wildman–Crippen MR) is 67.3 cm³/mol. The van der Waals surface area contributed by atoms with Gasteiger partial charge in [-0.05, 0) is 25.1 Å². The van der Waals surface area contributed by atoms with Gasteiger partial charge in [-0.2, -0.15) is 18.3 Å². The molecule has 0 bridgehead atoms. The first-order valence-electron chi connectivity index (χ1n) is 5.76. The normalized spacial score (nSPS) is 11.4. The van der Waals surface area contributed by atoms with E-state index in [1.807, 2.05) is 0 Å². The van der Waals surface area contributed by atoms with E-state index in [2.05, 4.69) is 10.4 Å². The molecule has 1 heterocycles. The van der Waals surface area contributed by atoms with Crippen LogP contribution in [-0.2, 0) is 13.2 Å². The summed E-state index contributed by atoms with van der Waals surface area (Å²) in [4.78, 5) is 12.0. The van der Waals surface area contributed by atoms with Crippen molar-refractivity contribution in [2.24, 2.45) is 7.05 Å². The molecule has 0 radical (unpaired) electrons. The number of aromatic nitrogens is 2. The number of alkyl halides is 3. The van der Waals surface area contributed by atoms with Crippen molar-refractivity contribution in [3.05, 3.63) is 47.3 Å². The van der Waals surface area contributed by atoms with Crippen molar-refractivity contribution in [2.45, 2.75) is 13.1 Å². The Bertz CT molecular complexity index is 647. The Morgan fingerprint density at radius 2 is 2.05 bits per heavy atom. The molecule has 0 aliphatic carbocycles. The number of hydrogen-bond acceptors (Lipinski definition) is 2. The van der Waals surface area contributed by atoms with Gasteiger partial charge in [0.05, 0.1) is 17.3 Å². The minimum absolute atomic E-state index is 0.0908. The lowest BCUT2D eigenvalue weighted by Gasteiger charge is -2.09. The number of anilines is 1. The minimum atomic E-state index is -4.44. The molecule has 0 unspecified atom stereocenters. The fraction of sp³-hybridized carbons (Fsp3) is 0.231. The maximum Gasteiger partial charge on any atom is 0.416 e. The smallest absolute Gasteiger partial charge is 0.322 e. The second-order valence-corrected chi connectivity index (χ2v) is 4.30. The van der Waals surface area contributed by atoms with Gasteiger partial charge in [-0.25, -0.2) is 0 Å². The van der Waals surface area contributed by atoms with Crippen molar-refractivity contribution < 1.29 is 18.0 Å². The highest BCUT2D eigenvalue weighted by molar-refractivity contribution is 6.04. The Labute approximate surface area is 113 Å². The molecule has 1 aromatic carbocycles. The summed E-state index contributed by atoms with van der Waals surface area (Å²) in [5.74, 6) is -0.491. The zero-order valence-corrected chi connectivity index (χ0v) is 10.8. The molecule has 1 N–H and O–H groups in total. The number of nitrogens with zero attached hydrogens (tertiary/aromatic N) is 2. The molecular formula is C13H12F3N3O. The van der Waals surface area contributed by atoms with Crippen molar-refractivity contribution in [2.75, 3.05) is 5.32 Å². The summed E-state index contributed by atoms with van der Waals surface area (Å²) in [7, 11) is 1.68. The molecule has 2 rings (SSSR count). The van der Waals surface area contributed by atoms with E-state index < -0.39 is 17.6 Å². The van der Waals surface area contributed by atoms with Crippen molar-refractivity contribution in [3.8, 4) is 0 Å². The number of carbonyl (C=O) groups excluding carboxylic acids is 1. The maximum absolute atomic E-state index is 12.6. The molecule has 0 atom stereocenters. The molecule has 7 heteroatoms. The summed E-state index contributed by atoms with van der Waals surface area (Å²) in [6, 6.07) is 4.49. The average molecular weight is 283 g/mol. The molecule has 1 aromatic heterocycles. The molecule has 1 amide bonds. The van der Waals surface area contributed by atoms with Crippen molar-refractivity contribution in [1.82, 2.24) is 9.78 Å². The first-order chi connectivity index (χ1) is 9.29. The van der Waals surface area contributed by atoms with Crippen molar-refractivity contribution in [3.63, 3.8) is 0 Å². The van der Waals surface area contributed by atoms with E-state index in [9.17, 15) is 18.0 Å². The van der Waals surface area contributed by atoms with E-state index in [1.54, 1.807) is 14.0 Å². The van der Waals surface area contributed by atoms with Crippen LogP contribution in [0.15, 0.2) is 30.5 Å². The minimum Gasteiger partial charge on any atom is -0.322 e. The van der Waals surface area contributed by atoms with Crippen LogP contribution in [-0.4, -0.2) is 15.7 Å². The Hall–Kier alpha value is -2.31. The number of carbonyl (C=O) groups is 1. The number of amides is 1. The van der Waals surface area contributed by atoms with Gasteiger partial charge in [0.15, 0.2) is 0 Å². The lowest BCUT2D eigenvalue weighted by Crippen LogP contribution is -2.14. The van der Waals surface area contributed by atoms with Gasteiger partial charge in [-0.1, -0.05) is 6.07 Å². The van der Waals surface area contributed by atoms with Gasteiger partial charge in [-0.3, -0.25) is 9.48 Å². The van der Waals surface area contributed by atoms with E-state index >= 15 is 0 Å². The molecule has 0 saturated carbocycles. The molecule has 4 nitrogen and oxygen atoms in total. The molecule has 0 aliphatic heterocycles. The summed E-state index contributed by atoms with van der Waals surface area (Å²) in [5, 5.41) is 6.34. The van der Waals surface area contributed by atoms with Gasteiger partial charge in [0, 0.05) is 18.4 Å². The van der Waals surface area contributed by atoms with Crippen molar-refractivity contribution >= 4 is 11.6 Å². The van der Waals surface area contributed by atoms with Crippen LogP contribution in [0.2, 0.25) is 0 Å². The number of hydrogen-bond donors (Lipinski definition) is 1. The van der Waals surface area contributed by atoms with Gasteiger partial charge in [0.25, 0.3) is 5.91 Å². The molecule has 2 aromatic rings. The standard InChI is InChI=1S/C13H12F3N3O/c1-8-11(7-17-19(8)2)12(20)18-10-5-3-4-9(6-10)13(14,15)16/h3-7H,1-2H3,(H,18,20). The van der Waals surface area contributed by atoms with Gasteiger partial charge in [0.1, 0.15) is 0 Å². The summed E-state index contributed by atoms with van der Waals surface area (Å²) in [6.45, 7) is 1.70. The van der Waals surface area contributed by atoms with E-state index in [0.29, 0.717) is 11.3 Å². The molecule has 0 saturated heterocycles. The van der Waals surface area contributed by atoms with Crippen LogP contribution in [0.25, 0.3) is 0 Å². The zero-order valence-electron chi connectivity index (χ0n) is 10.8. The molecule has 20 heavy (non-hydrogen) atoms. The Kier molecular flexibility index (Phi) is 3.52. The Morgan fingerprint density at radius 3 is 2.60 bits per heavy atom. The number of rotatable bonds is 2. The molecular weight excluding hydrogens is 271 g/mol. The van der Waals surface area contributed by atoms with Gasteiger partial charge in [0.2, 0.25) is 0 Å². The van der Waals surface area contributed by atoms with Gasteiger partial charge < -0.3 is 5.32 Å². The molecule has 106 valence electrons. The number of aryl methyl sites for hydroxylation is 1. The van der Waals surface area contributed by atoms with Crippen LogP contribution in [0.1, 0.15) is 21.6 Å². The number of benzene rings is 1. The van der Waals surface area contributed by atoms with E-state index in [4.69, 9.17) is 0 Å². The molecule has 0 aliphatic rings. The third-order valence-corrected chi connectivity index (χ3v) is 2.93. The van der Waals surface area contributed by atoms with Crippen LogP contribution in [0.4, 0.5) is 18.9 Å². The van der Waals surface area contributed by atoms with Gasteiger partial charge >= 0.3 is 6.18 Å². The first-order valence-corrected chi connectivity index (χ1v) is 5.76. The fourth-order valence-corrected chi connectivity index (χ4v) is 1.69. The van der Waals surface area contributed by atoms with Crippen LogP contribution < -0.4 is 5.32 Å². The topological polar surface area (TPSA) is 46.9 Å². The maximum atomic E-state index is 12.6. The Balaban J connectivity index is 2.22. The fourth-order valence-electron chi connectivity index (χ4n) is 1.69. The largest absolute Gasteiger partial charge is 0.416 e. The van der Waals surface area contributed by atoms with E-state index in [1.165, 1.54) is 23.0 Å². The van der Waals surface area contributed by atoms with Crippen molar-refractivity contribution in [1.29, 1.82) is 0 Å². The third-order valence-electron chi connectivity index (χ3n) is 2.93. The highest BCUT2D eigenvalue weighted by atomic mass is 19.4. The SMILES string of the molecule is Cc1c(C(=O)Nc2cccc(C(F)(F)F)c2)cnn1C. The second kappa shape index (κ2) is 4.99. The number of nitrogens with one attached hydrogen (secondary N) is 1. The highest BCUT2D eigenvalue weighted by Gasteiger charge is 2.30. The van der Waals surface area contributed by atoms with Crippen LogP contribution in [0.5, 0.6) is 0 Å². The lowest BCUT2D eigenvalue weighted by atomic mass is 10.2. The lowest BCUT2D eigenvalue weighted by molar-refractivity contribution is -0.137. The summed E-state index contributed by atoms with van der Waals surface area (Å²) in [5.41, 5.74) is 0.241. The monoisotopic (exact) mass is 283 g/mol. The average Bonchev–Trinajstić information content (AvgIpc) is 2.69. The van der Waals surface area contributed by atoms with E-state index in [0.717, 1.165) is 12.1 Å². The summed E-state index contributed by atoms with van der Waals surface area (Å²) in [6.07, 6.45) is -3.07. The van der Waals surface area contributed by atoms with Crippen LogP contribution in [0, 0.1) is 6.92 Å². The summed E-state index contributed by atoms with van der Waals surface area (Å²) >= 11 is 0. The predicted octanol–water partition coefficient (Wildman–Crippen LogP) is 3.00. The first kappa shape index (κ1) is 14.1. The highest BCUT2D eigenvalue weighted by Crippen LogP contribution is 2.30. The number of halogens is 3. The molecule has 0 fully saturated rings.